The van der Waals surface area contributed by atoms with Crippen molar-refractivity contribution in [1.29, 1.82) is 0 Å². The highest BCUT2D eigenvalue weighted by Crippen LogP contribution is 2.36. The Bertz CT molecular complexity index is 668. The Hall–Kier alpha value is -1.36. The van der Waals surface area contributed by atoms with Gasteiger partial charge in [-0.3, -0.25) is 4.98 Å². The average Bonchev–Trinajstić information content (AvgIpc) is 2.43. The molecule has 0 aliphatic rings. The summed E-state index contributed by atoms with van der Waals surface area (Å²) in [6, 6.07) is 2.94. The molecule has 0 spiro atoms. The van der Waals surface area contributed by atoms with Gasteiger partial charge in [-0.25, -0.2) is 9.18 Å². The largest absolute Gasteiger partial charge is 0.465 e. The highest BCUT2D eigenvalue weighted by atomic mass is 35.5. The summed E-state index contributed by atoms with van der Waals surface area (Å²) in [5, 5.41) is 0.560. The van der Waals surface area contributed by atoms with Gasteiger partial charge in [-0.15, -0.1) is 0 Å². The zero-order valence-electron chi connectivity index (χ0n) is 10.1. The normalized spacial score (nSPS) is 10.4. The van der Waals surface area contributed by atoms with Crippen LogP contribution >= 0.6 is 34.8 Å². The predicted molar refractivity (Wildman–Crippen MR) is 76.0 cm³/mol. The fourth-order valence-electron chi connectivity index (χ4n) is 1.67. The van der Waals surface area contributed by atoms with Crippen LogP contribution in [0, 0.1) is 5.82 Å². The number of benzene rings is 1. The molecule has 0 atom stereocenters. The summed E-state index contributed by atoms with van der Waals surface area (Å²) in [4.78, 5) is 15.4. The molecule has 1 aromatic heterocycles. The first-order valence-electron chi connectivity index (χ1n) is 5.32. The molecule has 0 aliphatic carbocycles. The molecule has 0 saturated carbocycles. The summed E-state index contributed by atoms with van der Waals surface area (Å²) in [5.41, 5.74) is 0.395. The first kappa shape index (κ1) is 15.0. The van der Waals surface area contributed by atoms with Gasteiger partial charge in [0.2, 0.25) is 0 Å². The number of aromatic nitrogens is 1. The number of ether oxygens (including phenoxy) is 1. The first-order valence-corrected chi connectivity index (χ1v) is 6.45. The van der Waals surface area contributed by atoms with E-state index >= 15 is 0 Å². The third-order valence-electron chi connectivity index (χ3n) is 2.58. The van der Waals surface area contributed by atoms with Crippen molar-refractivity contribution < 1.29 is 13.9 Å². The lowest BCUT2D eigenvalue weighted by Gasteiger charge is -2.10. The van der Waals surface area contributed by atoms with E-state index in [0.717, 1.165) is 13.3 Å². The lowest BCUT2D eigenvalue weighted by atomic mass is 10.0. The fraction of sp³-hybridized carbons (Fsp3) is 0.0769. The molecule has 7 heteroatoms. The molecular formula is C13H7Cl3FNO2. The minimum absolute atomic E-state index is 0.182. The van der Waals surface area contributed by atoms with Gasteiger partial charge in [0.15, 0.2) is 5.82 Å². The van der Waals surface area contributed by atoms with Crippen LogP contribution in [0.25, 0.3) is 11.1 Å². The predicted octanol–water partition coefficient (Wildman–Crippen LogP) is 4.63. The van der Waals surface area contributed by atoms with Crippen LogP contribution in [0.5, 0.6) is 0 Å². The number of halogens is 4. The Labute approximate surface area is 129 Å². The molecule has 1 aromatic carbocycles. The van der Waals surface area contributed by atoms with E-state index in [1.54, 1.807) is 0 Å². The summed E-state index contributed by atoms with van der Waals surface area (Å²) < 4.78 is 18.4. The van der Waals surface area contributed by atoms with Crippen LogP contribution < -0.4 is 0 Å². The number of pyridine rings is 1. The molecule has 0 aliphatic heterocycles. The van der Waals surface area contributed by atoms with E-state index in [1.807, 2.05) is 0 Å². The van der Waals surface area contributed by atoms with Crippen molar-refractivity contribution in [1.82, 2.24) is 4.98 Å². The SMILES string of the molecule is COC(=O)c1c(F)cncc1-c1cc(Cl)c(Cl)c(Cl)c1. The molecule has 0 saturated heterocycles. The third kappa shape index (κ3) is 2.73. The molecule has 3 nitrogen and oxygen atoms in total. The number of carbonyl (C=O) groups is 1. The van der Waals surface area contributed by atoms with E-state index < -0.39 is 11.8 Å². The quantitative estimate of drug-likeness (QED) is 0.593. The van der Waals surface area contributed by atoms with Crippen LogP contribution in [0.4, 0.5) is 4.39 Å². The van der Waals surface area contributed by atoms with Gasteiger partial charge >= 0.3 is 5.97 Å². The smallest absolute Gasteiger partial charge is 0.341 e. The maximum Gasteiger partial charge on any atom is 0.341 e. The van der Waals surface area contributed by atoms with Crippen LogP contribution in [-0.4, -0.2) is 18.1 Å². The monoisotopic (exact) mass is 333 g/mol. The summed E-state index contributed by atoms with van der Waals surface area (Å²) in [6.07, 6.45) is 2.25. The summed E-state index contributed by atoms with van der Waals surface area (Å²) >= 11 is 17.7. The molecule has 2 rings (SSSR count). The maximum atomic E-state index is 13.8. The second-order valence-corrected chi connectivity index (χ2v) is 4.98. The Kier molecular flexibility index (Phi) is 4.48. The van der Waals surface area contributed by atoms with Gasteiger partial charge in [-0.1, -0.05) is 34.8 Å². The number of nitrogens with zero attached hydrogens (tertiary/aromatic N) is 1. The molecule has 0 amide bonds. The summed E-state index contributed by atoms with van der Waals surface area (Å²) in [5.74, 6) is -1.61. The van der Waals surface area contributed by atoms with Crippen molar-refractivity contribution in [2.24, 2.45) is 0 Å². The van der Waals surface area contributed by atoms with E-state index in [1.165, 1.54) is 18.3 Å². The highest BCUT2D eigenvalue weighted by Gasteiger charge is 2.20. The zero-order valence-corrected chi connectivity index (χ0v) is 12.4. The summed E-state index contributed by atoms with van der Waals surface area (Å²) in [6.45, 7) is 0. The van der Waals surface area contributed by atoms with Gasteiger partial charge in [0, 0.05) is 11.8 Å². The lowest BCUT2D eigenvalue weighted by molar-refractivity contribution is 0.0596. The van der Waals surface area contributed by atoms with Crippen molar-refractivity contribution in [3.05, 3.63) is 51.0 Å². The van der Waals surface area contributed by atoms with Crippen LogP contribution in [0.1, 0.15) is 10.4 Å². The van der Waals surface area contributed by atoms with Crippen molar-refractivity contribution in [2.45, 2.75) is 0 Å². The molecule has 104 valence electrons. The number of carbonyl (C=O) groups excluding carboxylic acids is 1. The van der Waals surface area contributed by atoms with Crippen LogP contribution in [0.15, 0.2) is 24.5 Å². The first-order chi connectivity index (χ1) is 9.45. The standard InChI is InChI=1S/C13H7Cl3FNO2/c1-20-13(19)11-7(4-18-5-10(11)17)6-2-8(14)12(16)9(15)3-6/h2-5H,1H3. The van der Waals surface area contributed by atoms with Gasteiger partial charge in [-0.05, 0) is 17.7 Å². The molecule has 0 fully saturated rings. The van der Waals surface area contributed by atoms with E-state index in [-0.39, 0.29) is 26.2 Å². The van der Waals surface area contributed by atoms with Crippen molar-refractivity contribution in [2.75, 3.05) is 7.11 Å². The molecule has 0 radical (unpaired) electrons. The van der Waals surface area contributed by atoms with Gasteiger partial charge in [0.25, 0.3) is 0 Å². The Balaban J connectivity index is 2.70. The molecule has 1 heterocycles. The molecule has 0 unspecified atom stereocenters. The molecular weight excluding hydrogens is 328 g/mol. The van der Waals surface area contributed by atoms with E-state index in [2.05, 4.69) is 9.72 Å². The van der Waals surface area contributed by atoms with Crippen LogP contribution in [0.2, 0.25) is 15.1 Å². The average molecular weight is 335 g/mol. The van der Waals surface area contributed by atoms with Gasteiger partial charge in [0.1, 0.15) is 5.56 Å². The second kappa shape index (κ2) is 5.95. The topological polar surface area (TPSA) is 39.2 Å². The van der Waals surface area contributed by atoms with Crippen LogP contribution in [0.3, 0.4) is 0 Å². The number of esters is 1. The third-order valence-corrected chi connectivity index (χ3v) is 3.78. The number of methoxy groups -OCH3 is 1. The molecule has 0 N–H and O–H groups in total. The zero-order chi connectivity index (χ0) is 14.9. The minimum atomic E-state index is -0.818. The molecule has 2 aromatic rings. The Morgan fingerprint density at radius 1 is 1.20 bits per heavy atom. The van der Waals surface area contributed by atoms with E-state index in [4.69, 9.17) is 34.8 Å². The highest BCUT2D eigenvalue weighted by molar-refractivity contribution is 6.48. The van der Waals surface area contributed by atoms with Gasteiger partial charge < -0.3 is 4.74 Å². The Morgan fingerprint density at radius 2 is 1.80 bits per heavy atom. The minimum Gasteiger partial charge on any atom is -0.465 e. The number of hydrogen-bond donors (Lipinski definition) is 0. The van der Waals surface area contributed by atoms with Crippen molar-refractivity contribution >= 4 is 40.8 Å². The fourth-order valence-corrected chi connectivity index (χ4v) is 2.27. The Morgan fingerprint density at radius 3 is 2.35 bits per heavy atom. The van der Waals surface area contributed by atoms with Gasteiger partial charge in [-0.2, -0.15) is 0 Å². The second-order valence-electron chi connectivity index (χ2n) is 3.79. The van der Waals surface area contributed by atoms with Crippen LogP contribution in [-0.2, 0) is 4.74 Å². The maximum absolute atomic E-state index is 13.8. The molecule has 0 bridgehead atoms. The van der Waals surface area contributed by atoms with Gasteiger partial charge in [0.05, 0.1) is 28.4 Å². The van der Waals surface area contributed by atoms with Crippen molar-refractivity contribution in [3.63, 3.8) is 0 Å². The number of hydrogen-bond acceptors (Lipinski definition) is 3. The van der Waals surface area contributed by atoms with E-state index in [0.29, 0.717) is 5.56 Å². The number of rotatable bonds is 2. The molecule has 20 heavy (non-hydrogen) atoms. The van der Waals surface area contributed by atoms with Crippen molar-refractivity contribution in [3.8, 4) is 11.1 Å². The lowest BCUT2D eigenvalue weighted by Crippen LogP contribution is -2.07. The summed E-state index contributed by atoms with van der Waals surface area (Å²) in [7, 11) is 1.16. The van der Waals surface area contributed by atoms with E-state index in [9.17, 15) is 9.18 Å².